The Kier molecular flexibility index (Phi) is 5.72. The topological polar surface area (TPSA) is 82.1 Å². The van der Waals surface area contributed by atoms with Gasteiger partial charge >= 0.3 is 0 Å². The van der Waals surface area contributed by atoms with E-state index >= 15 is 0 Å². The van der Waals surface area contributed by atoms with Gasteiger partial charge in [-0.15, -0.1) is 0 Å². The van der Waals surface area contributed by atoms with E-state index < -0.39 is 5.54 Å². The summed E-state index contributed by atoms with van der Waals surface area (Å²) in [5.74, 6) is -0.166. The first-order valence-electron chi connectivity index (χ1n) is 10.1. The summed E-state index contributed by atoms with van der Waals surface area (Å²) < 4.78 is 0. The van der Waals surface area contributed by atoms with E-state index in [0.29, 0.717) is 5.84 Å². The highest BCUT2D eigenvalue weighted by Gasteiger charge is 2.49. The van der Waals surface area contributed by atoms with Gasteiger partial charge in [-0.05, 0) is 58.3 Å². The van der Waals surface area contributed by atoms with Crippen molar-refractivity contribution < 1.29 is 14.4 Å². The summed E-state index contributed by atoms with van der Waals surface area (Å²) >= 11 is 0. The van der Waals surface area contributed by atoms with Gasteiger partial charge in [0.1, 0.15) is 11.4 Å². The third-order valence-corrected chi connectivity index (χ3v) is 5.61. The van der Waals surface area contributed by atoms with Crippen molar-refractivity contribution in [3.8, 4) is 0 Å². The van der Waals surface area contributed by atoms with Gasteiger partial charge < -0.3 is 15.1 Å². The zero-order valence-corrected chi connectivity index (χ0v) is 17.2. The second-order valence-electron chi connectivity index (χ2n) is 8.48. The molecule has 0 aromatic rings. The van der Waals surface area contributed by atoms with Gasteiger partial charge in [0.25, 0.3) is 5.91 Å². The molecule has 152 valence electrons. The highest BCUT2D eigenvalue weighted by Crippen LogP contribution is 2.33. The van der Waals surface area contributed by atoms with Crippen molar-refractivity contribution in [2.45, 2.75) is 77.4 Å². The summed E-state index contributed by atoms with van der Waals surface area (Å²) in [5.41, 5.74) is -0.105. The molecular weight excluding hydrogens is 356 g/mol. The molecule has 1 saturated carbocycles. The fourth-order valence-electron chi connectivity index (χ4n) is 4.23. The van der Waals surface area contributed by atoms with E-state index in [2.05, 4.69) is 10.3 Å². The summed E-state index contributed by atoms with van der Waals surface area (Å²) in [5, 5.41) is 2.88. The van der Waals surface area contributed by atoms with Crippen molar-refractivity contribution >= 4 is 23.6 Å². The lowest BCUT2D eigenvalue weighted by Crippen LogP contribution is -2.63. The Morgan fingerprint density at radius 2 is 2.04 bits per heavy atom. The van der Waals surface area contributed by atoms with Gasteiger partial charge in [-0.3, -0.25) is 14.4 Å². The highest BCUT2D eigenvalue weighted by molar-refractivity contribution is 6.10. The number of amides is 3. The van der Waals surface area contributed by atoms with Crippen molar-refractivity contribution in [1.29, 1.82) is 0 Å². The zero-order chi connectivity index (χ0) is 20.5. The van der Waals surface area contributed by atoms with Crippen molar-refractivity contribution in [1.82, 2.24) is 15.1 Å². The van der Waals surface area contributed by atoms with Crippen molar-refractivity contribution in [2.75, 3.05) is 6.54 Å². The van der Waals surface area contributed by atoms with Gasteiger partial charge in [0, 0.05) is 18.3 Å². The van der Waals surface area contributed by atoms with Crippen LogP contribution in [-0.4, -0.2) is 57.5 Å². The Morgan fingerprint density at radius 1 is 1.36 bits per heavy atom. The van der Waals surface area contributed by atoms with E-state index in [1.54, 1.807) is 16.7 Å². The number of rotatable bonds is 5. The van der Waals surface area contributed by atoms with Crippen LogP contribution in [0.5, 0.6) is 0 Å². The molecule has 0 bridgehead atoms. The SMILES string of the molecule is CC1=CC2=NC(=O)C[C@@](C)(C(=O)N(CC(=O)NC(C)C)C3CCCC3)N2C=C1. The van der Waals surface area contributed by atoms with Crippen LogP contribution >= 0.6 is 0 Å². The first-order chi connectivity index (χ1) is 13.2. The molecule has 0 unspecified atom stereocenters. The van der Waals surface area contributed by atoms with Crippen LogP contribution < -0.4 is 5.32 Å². The quantitative estimate of drug-likeness (QED) is 0.785. The van der Waals surface area contributed by atoms with Crippen LogP contribution in [0, 0.1) is 0 Å². The number of carbonyl (C=O) groups is 3. The third kappa shape index (κ3) is 4.03. The Morgan fingerprint density at radius 3 is 2.68 bits per heavy atom. The van der Waals surface area contributed by atoms with Crippen molar-refractivity contribution in [3.05, 3.63) is 23.9 Å². The minimum atomic E-state index is -1.08. The number of nitrogens with zero attached hydrogens (tertiary/aromatic N) is 3. The van der Waals surface area contributed by atoms with Crippen LogP contribution in [0.15, 0.2) is 28.9 Å². The third-order valence-electron chi connectivity index (χ3n) is 5.61. The molecule has 0 aromatic heterocycles. The standard InChI is InChI=1S/C21H30N4O3/c1-14(2)22-19(27)13-24(16-7-5-6-8-16)20(28)21(4)12-18(26)23-17-11-15(3)9-10-25(17)21/h9-11,14,16H,5-8,12-13H2,1-4H3,(H,22,27)/t21-/m0/s1. The molecular formula is C21H30N4O3. The number of fused-ring (bicyclic) bond motifs is 1. The van der Waals surface area contributed by atoms with Gasteiger partial charge in [0.05, 0.1) is 13.0 Å². The molecule has 0 radical (unpaired) electrons. The Hall–Kier alpha value is -2.44. The second kappa shape index (κ2) is 7.89. The van der Waals surface area contributed by atoms with Crippen LogP contribution in [0.4, 0.5) is 0 Å². The summed E-state index contributed by atoms with van der Waals surface area (Å²) in [4.78, 5) is 46.2. The number of aliphatic imine (C=N–C) groups is 1. The molecule has 2 aliphatic heterocycles. The molecule has 3 aliphatic rings. The predicted molar refractivity (Wildman–Crippen MR) is 107 cm³/mol. The number of carbonyl (C=O) groups excluding carboxylic acids is 3. The molecule has 2 heterocycles. The molecule has 0 saturated heterocycles. The molecule has 28 heavy (non-hydrogen) atoms. The lowest BCUT2D eigenvalue weighted by Gasteiger charge is -2.45. The molecule has 1 atom stereocenters. The molecule has 0 aromatic carbocycles. The van der Waals surface area contributed by atoms with E-state index in [0.717, 1.165) is 31.3 Å². The van der Waals surface area contributed by atoms with E-state index in [4.69, 9.17) is 0 Å². The monoisotopic (exact) mass is 386 g/mol. The Bertz CT molecular complexity index is 762. The lowest BCUT2D eigenvalue weighted by molar-refractivity contribution is -0.148. The molecule has 1 fully saturated rings. The van der Waals surface area contributed by atoms with Crippen LogP contribution in [0.3, 0.4) is 0 Å². The van der Waals surface area contributed by atoms with Crippen LogP contribution in [-0.2, 0) is 14.4 Å². The van der Waals surface area contributed by atoms with Gasteiger partial charge in [0.2, 0.25) is 11.8 Å². The average molecular weight is 386 g/mol. The predicted octanol–water partition coefficient (Wildman–Crippen LogP) is 2.15. The van der Waals surface area contributed by atoms with Crippen molar-refractivity contribution in [3.63, 3.8) is 0 Å². The lowest BCUT2D eigenvalue weighted by atomic mass is 9.89. The van der Waals surface area contributed by atoms with Gasteiger partial charge in [-0.25, -0.2) is 0 Å². The van der Waals surface area contributed by atoms with E-state index in [1.807, 2.05) is 39.1 Å². The number of hydrogen-bond donors (Lipinski definition) is 1. The first kappa shape index (κ1) is 20.3. The minimum Gasteiger partial charge on any atom is -0.352 e. The first-order valence-corrected chi connectivity index (χ1v) is 10.1. The maximum Gasteiger partial charge on any atom is 0.250 e. The van der Waals surface area contributed by atoms with E-state index in [-0.39, 0.29) is 42.8 Å². The molecule has 3 amide bonds. The molecule has 3 rings (SSSR count). The molecule has 7 nitrogen and oxygen atoms in total. The molecule has 7 heteroatoms. The van der Waals surface area contributed by atoms with Crippen molar-refractivity contribution in [2.24, 2.45) is 4.99 Å². The maximum atomic E-state index is 13.8. The average Bonchev–Trinajstić information content (AvgIpc) is 3.12. The summed E-state index contributed by atoms with van der Waals surface area (Å²) in [6.45, 7) is 7.52. The fraction of sp³-hybridized carbons (Fsp3) is 0.619. The number of allylic oxidation sites excluding steroid dienone is 2. The van der Waals surface area contributed by atoms with Gasteiger partial charge in [-0.2, -0.15) is 4.99 Å². The van der Waals surface area contributed by atoms with Crippen LogP contribution in [0.1, 0.15) is 59.8 Å². The highest BCUT2D eigenvalue weighted by atomic mass is 16.2. The number of hydrogen-bond acceptors (Lipinski definition) is 4. The maximum absolute atomic E-state index is 13.8. The Labute approximate surface area is 166 Å². The summed E-state index contributed by atoms with van der Waals surface area (Å²) in [6, 6.07) is 0.0439. The molecule has 1 N–H and O–H groups in total. The van der Waals surface area contributed by atoms with Crippen LogP contribution in [0.2, 0.25) is 0 Å². The van der Waals surface area contributed by atoms with E-state index in [9.17, 15) is 14.4 Å². The smallest absolute Gasteiger partial charge is 0.250 e. The molecule has 0 spiro atoms. The van der Waals surface area contributed by atoms with E-state index in [1.165, 1.54) is 0 Å². The number of amidine groups is 1. The summed E-state index contributed by atoms with van der Waals surface area (Å²) in [7, 11) is 0. The zero-order valence-electron chi connectivity index (χ0n) is 17.2. The van der Waals surface area contributed by atoms with Crippen LogP contribution in [0.25, 0.3) is 0 Å². The summed E-state index contributed by atoms with van der Waals surface area (Å²) in [6.07, 6.45) is 9.42. The fourth-order valence-corrected chi connectivity index (χ4v) is 4.23. The number of nitrogens with one attached hydrogen (secondary N) is 1. The Balaban J connectivity index is 1.90. The van der Waals surface area contributed by atoms with Gasteiger partial charge in [-0.1, -0.05) is 12.8 Å². The van der Waals surface area contributed by atoms with Gasteiger partial charge in [0.15, 0.2) is 0 Å². The normalized spacial score (nSPS) is 24.8. The molecule has 1 aliphatic carbocycles. The minimum absolute atomic E-state index is 0.00157. The second-order valence-corrected chi connectivity index (χ2v) is 8.48. The largest absolute Gasteiger partial charge is 0.352 e.